The maximum Gasteiger partial charge on any atom is 0.145 e. The Morgan fingerprint density at radius 2 is 1.69 bits per heavy atom. The van der Waals surface area contributed by atoms with Gasteiger partial charge in [0.15, 0.2) is 0 Å². The average Bonchev–Trinajstić information content (AvgIpc) is 2.05. The summed E-state index contributed by atoms with van der Waals surface area (Å²) in [5, 5.41) is 0. The monoisotopic (exact) mass is 179 g/mol. The molecule has 1 aromatic carbocycles. The molecule has 13 heavy (non-hydrogen) atoms. The summed E-state index contributed by atoms with van der Waals surface area (Å²) < 4.78 is 5.63. The van der Waals surface area contributed by atoms with Crippen molar-refractivity contribution in [2.24, 2.45) is 0 Å². The summed E-state index contributed by atoms with van der Waals surface area (Å²) in [6.07, 6.45) is 0.169. The smallest absolute Gasteiger partial charge is 0.145 e. The third-order valence-electron chi connectivity index (χ3n) is 1.96. The minimum absolute atomic E-state index is 0.169. The third-order valence-corrected chi connectivity index (χ3v) is 1.96. The lowest BCUT2D eigenvalue weighted by atomic mass is 10.1. The molecule has 2 nitrogen and oxygen atoms in total. The van der Waals surface area contributed by atoms with Crippen LogP contribution in [0.25, 0.3) is 0 Å². The normalized spacial score (nSPS) is 10.5. The Kier molecular flexibility index (Phi) is 2.81. The van der Waals surface area contributed by atoms with Crippen molar-refractivity contribution in [1.29, 1.82) is 0 Å². The quantitative estimate of drug-likeness (QED) is 0.708. The predicted molar refractivity (Wildman–Crippen MR) is 56.1 cm³/mol. The van der Waals surface area contributed by atoms with E-state index < -0.39 is 0 Å². The first-order chi connectivity index (χ1) is 6.02. The molecule has 0 aliphatic heterocycles. The molecule has 1 aromatic rings. The molecule has 0 bridgehead atoms. The van der Waals surface area contributed by atoms with Gasteiger partial charge in [0.05, 0.1) is 11.8 Å². The summed E-state index contributed by atoms with van der Waals surface area (Å²) in [5.41, 5.74) is 8.83. The minimum atomic E-state index is 0.169. The average molecular weight is 179 g/mol. The Labute approximate surface area is 79.7 Å². The molecule has 72 valence electrons. The van der Waals surface area contributed by atoms with E-state index in [1.54, 1.807) is 0 Å². The van der Waals surface area contributed by atoms with Gasteiger partial charge in [0, 0.05) is 0 Å². The Morgan fingerprint density at radius 1 is 1.15 bits per heavy atom. The van der Waals surface area contributed by atoms with Crippen molar-refractivity contribution in [3.8, 4) is 5.75 Å². The molecule has 0 atom stereocenters. The van der Waals surface area contributed by atoms with Gasteiger partial charge in [-0.2, -0.15) is 0 Å². The third kappa shape index (κ3) is 2.14. The van der Waals surface area contributed by atoms with E-state index in [4.69, 9.17) is 10.5 Å². The molecule has 0 heterocycles. The van der Waals surface area contributed by atoms with Gasteiger partial charge in [-0.25, -0.2) is 0 Å². The Balaban J connectivity index is 3.10. The van der Waals surface area contributed by atoms with Crippen LogP contribution in [-0.4, -0.2) is 6.10 Å². The van der Waals surface area contributed by atoms with Gasteiger partial charge in [-0.15, -0.1) is 0 Å². The molecule has 0 amide bonds. The lowest BCUT2D eigenvalue weighted by Crippen LogP contribution is -2.09. The van der Waals surface area contributed by atoms with Crippen LogP contribution in [0.3, 0.4) is 0 Å². The zero-order chi connectivity index (χ0) is 10.0. The van der Waals surface area contributed by atoms with Crippen LogP contribution < -0.4 is 10.5 Å². The van der Waals surface area contributed by atoms with Crippen molar-refractivity contribution in [3.63, 3.8) is 0 Å². The van der Waals surface area contributed by atoms with Crippen LogP contribution in [0.15, 0.2) is 12.1 Å². The predicted octanol–water partition coefficient (Wildman–Crippen LogP) is 2.67. The zero-order valence-electron chi connectivity index (χ0n) is 8.72. The van der Waals surface area contributed by atoms with Crippen molar-refractivity contribution >= 4 is 5.69 Å². The number of benzene rings is 1. The lowest BCUT2D eigenvalue weighted by Gasteiger charge is -2.15. The molecule has 2 heteroatoms. The second-order valence-corrected chi connectivity index (χ2v) is 3.61. The van der Waals surface area contributed by atoms with Crippen LogP contribution in [-0.2, 0) is 0 Å². The zero-order valence-corrected chi connectivity index (χ0v) is 8.72. The van der Waals surface area contributed by atoms with Crippen LogP contribution >= 0.6 is 0 Å². The number of anilines is 1. The number of hydrogen-bond donors (Lipinski definition) is 1. The fourth-order valence-electron chi connectivity index (χ4n) is 1.20. The van der Waals surface area contributed by atoms with Crippen molar-refractivity contribution in [2.45, 2.75) is 33.8 Å². The number of nitrogens with two attached hydrogens (primary N) is 1. The Bertz CT molecular complexity index is 305. The largest absolute Gasteiger partial charge is 0.489 e. The second kappa shape index (κ2) is 3.69. The molecule has 0 fully saturated rings. The van der Waals surface area contributed by atoms with Gasteiger partial charge in [-0.05, 0) is 38.8 Å². The van der Waals surface area contributed by atoms with Crippen molar-refractivity contribution in [2.75, 3.05) is 5.73 Å². The first-order valence-electron chi connectivity index (χ1n) is 4.54. The summed E-state index contributed by atoms with van der Waals surface area (Å²) in [5.74, 6) is 0.829. The Hall–Kier alpha value is -1.18. The molecule has 2 N–H and O–H groups in total. The van der Waals surface area contributed by atoms with E-state index in [2.05, 4.69) is 0 Å². The highest BCUT2D eigenvalue weighted by Gasteiger charge is 2.08. The molecule has 0 spiro atoms. The van der Waals surface area contributed by atoms with E-state index in [9.17, 15) is 0 Å². The highest BCUT2D eigenvalue weighted by molar-refractivity contribution is 5.61. The highest BCUT2D eigenvalue weighted by atomic mass is 16.5. The number of nitrogen functional groups attached to an aromatic ring is 1. The van der Waals surface area contributed by atoms with E-state index in [1.807, 2.05) is 39.8 Å². The Morgan fingerprint density at radius 3 is 2.23 bits per heavy atom. The van der Waals surface area contributed by atoms with E-state index in [1.165, 1.54) is 0 Å². The number of aryl methyl sites for hydroxylation is 2. The summed E-state index contributed by atoms with van der Waals surface area (Å²) in [4.78, 5) is 0. The first-order valence-corrected chi connectivity index (χ1v) is 4.54. The van der Waals surface area contributed by atoms with Crippen LogP contribution in [0.1, 0.15) is 25.0 Å². The summed E-state index contributed by atoms with van der Waals surface area (Å²) in [6, 6.07) is 4.04. The molecule has 0 saturated heterocycles. The van der Waals surface area contributed by atoms with Gasteiger partial charge in [-0.3, -0.25) is 0 Å². The van der Waals surface area contributed by atoms with E-state index >= 15 is 0 Å². The number of hydrogen-bond acceptors (Lipinski definition) is 2. The van der Waals surface area contributed by atoms with Crippen LogP contribution in [0.5, 0.6) is 5.75 Å². The topological polar surface area (TPSA) is 35.2 Å². The molecule has 0 aliphatic rings. The van der Waals surface area contributed by atoms with Gasteiger partial charge in [0.25, 0.3) is 0 Å². The van der Waals surface area contributed by atoms with Crippen LogP contribution in [0.4, 0.5) is 5.69 Å². The van der Waals surface area contributed by atoms with Crippen molar-refractivity contribution in [3.05, 3.63) is 23.3 Å². The minimum Gasteiger partial charge on any atom is -0.489 e. The summed E-state index contributed by atoms with van der Waals surface area (Å²) >= 11 is 0. The molecule has 1 rings (SSSR count). The van der Waals surface area contributed by atoms with Gasteiger partial charge in [0.2, 0.25) is 0 Å². The van der Waals surface area contributed by atoms with Crippen LogP contribution in [0, 0.1) is 13.8 Å². The first kappa shape index (κ1) is 9.90. The fourth-order valence-corrected chi connectivity index (χ4v) is 1.20. The summed E-state index contributed by atoms with van der Waals surface area (Å²) in [6.45, 7) is 8.00. The van der Waals surface area contributed by atoms with Gasteiger partial charge in [0.1, 0.15) is 5.75 Å². The molecule has 0 radical (unpaired) electrons. The molecular formula is C11H17NO. The second-order valence-electron chi connectivity index (χ2n) is 3.61. The van der Waals surface area contributed by atoms with Crippen molar-refractivity contribution < 1.29 is 4.74 Å². The number of ether oxygens (including phenoxy) is 1. The van der Waals surface area contributed by atoms with E-state index in [-0.39, 0.29) is 6.10 Å². The maximum atomic E-state index is 5.91. The highest BCUT2D eigenvalue weighted by Crippen LogP contribution is 2.29. The lowest BCUT2D eigenvalue weighted by molar-refractivity contribution is 0.242. The molecular weight excluding hydrogens is 162 g/mol. The molecule has 0 saturated carbocycles. The van der Waals surface area contributed by atoms with Gasteiger partial charge >= 0.3 is 0 Å². The number of rotatable bonds is 2. The van der Waals surface area contributed by atoms with Gasteiger partial charge in [-0.1, -0.05) is 12.1 Å². The van der Waals surface area contributed by atoms with E-state index in [0.717, 1.165) is 22.6 Å². The van der Waals surface area contributed by atoms with Gasteiger partial charge < -0.3 is 10.5 Å². The van der Waals surface area contributed by atoms with E-state index in [0.29, 0.717) is 0 Å². The molecule has 0 aliphatic carbocycles. The fraction of sp³-hybridized carbons (Fsp3) is 0.455. The standard InChI is InChI=1S/C11H17NO/c1-7(2)13-11-9(4)6-5-8(3)10(11)12/h5-7H,12H2,1-4H3. The van der Waals surface area contributed by atoms with Crippen molar-refractivity contribution in [1.82, 2.24) is 0 Å². The molecule has 0 unspecified atom stereocenters. The van der Waals surface area contributed by atoms with Crippen LogP contribution in [0.2, 0.25) is 0 Å². The SMILES string of the molecule is Cc1ccc(C)c(OC(C)C)c1N. The summed E-state index contributed by atoms with van der Waals surface area (Å²) in [7, 11) is 0. The molecule has 0 aromatic heterocycles. The maximum absolute atomic E-state index is 5.91.